The lowest BCUT2D eigenvalue weighted by Gasteiger charge is -2.01. The van der Waals surface area contributed by atoms with Crippen LogP contribution < -0.4 is 0 Å². The van der Waals surface area contributed by atoms with Crippen molar-refractivity contribution in [2.24, 2.45) is 0 Å². The van der Waals surface area contributed by atoms with Crippen molar-refractivity contribution in [2.75, 3.05) is 0 Å². The highest BCUT2D eigenvalue weighted by Gasteiger charge is 1.92. The fourth-order valence-electron chi connectivity index (χ4n) is 2.39. The Balaban J connectivity index is 3.07. The number of unbranched alkanes of at least 4 members (excludes halogenated alkanes) is 10. The van der Waals surface area contributed by atoms with Gasteiger partial charge in [0.15, 0.2) is 0 Å². The lowest BCUT2D eigenvalue weighted by molar-refractivity contribution is 0.469. The molecule has 0 spiro atoms. The summed E-state index contributed by atoms with van der Waals surface area (Å²) >= 11 is 0. The van der Waals surface area contributed by atoms with Gasteiger partial charge in [0.25, 0.3) is 0 Å². The minimum atomic E-state index is 1.03. The first-order valence-electron chi connectivity index (χ1n) is 9.01. The second-order valence-electron chi connectivity index (χ2n) is 5.73. The summed E-state index contributed by atoms with van der Waals surface area (Å²) in [4.78, 5) is 0. The summed E-state index contributed by atoms with van der Waals surface area (Å²) < 4.78 is 0. The number of aliphatic hydroxyl groups is 1. The van der Waals surface area contributed by atoms with Gasteiger partial charge in [0.1, 0.15) is 0 Å². The standard InChI is InChI=1S/C20H36O/c1-2-3-4-5-6-7-8-9-10-11-12-13-14-15-16-17-18-19-20-21/h3-4,6-7,19-21H,2,5,8-18H2,1H3/b4-3+,7-6+,20-19+. The number of aliphatic hydroxyl groups excluding tert-OH is 1. The largest absolute Gasteiger partial charge is 0.516 e. The summed E-state index contributed by atoms with van der Waals surface area (Å²) in [5.74, 6) is 0. The van der Waals surface area contributed by atoms with E-state index in [0.29, 0.717) is 0 Å². The van der Waals surface area contributed by atoms with Crippen LogP contribution in [0.4, 0.5) is 0 Å². The second kappa shape index (κ2) is 19.0. The Hall–Kier alpha value is -0.980. The molecule has 0 aromatic rings. The van der Waals surface area contributed by atoms with Gasteiger partial charge in [0, 0.05) is 0 Å². The number of hydrogen-bond acceptors (Lipinski definition) is 1. The average Bonchev–Trinajstić information content (AvgIpc) is 2.50. The first kappa shape index (κ1) is 20.0. The maximum Gasteiger partial charge on any atom is 0.0751 e. The van der Waals surface area contributed by atoms with E-state index in [1.165, 1.54) is 64.2 Å². The third-order valence-corrected chi connectivity index (χ3v) is 3.69. The van der Waals surface area contributed by atoms with Crippen molar-refractivity contribution < 1.29 is 5.11 Å². The monoisotopic (exact) mass is 292 g/mol. The highest BCUT2D eigenvalue weighted by Crippen LogP contribution is 2.11. The van der Waals surface area contributed by atoms with E-state index in [2.05, 4.69) is 31.2 Å². The number of allylic oxidation sites excluding steroid dienone is 5. The van der Waals surface area contributed by atoms with Crippen molar-refractivity contribution >= 4 is 0 Å². The lowest BCUT2D eigenvalue weighted by atomic mass is 10.1. The highest BCUT2D eigenvalue weighted by molar-refractivity contribution is 4.92. The van der Waals surface area contributed by atoms with Gasteiger partial charge < -0.3 is 5.11 Å². The average molecular weight is 293 g/mol. The predicted molar refractivity (Wildman–Crippen MR) is 95.7 cm³/mol. The normalized spacial score (nSPS) is 12.2. The van der Waals surface area contributed by atoms with Crippen molar-refractivity contribution in [3.8, 4) is 0 Å². The fourth-order valence-corrected chi connectivity index (χ4v) is 2.39. The van der Waals surface area contributed by atoms with Crippen LogP contribution >= 0.6 is 0 Å². The van der Waals surface area contributed by atoms with Gasteiger partial charge in [-0.1, -0.05) is 82.2 Å². The molecular weight excluding hydrogens is 256 g/mol. The minimum absolute atomic E-state index is 1.03. The molecule has 1 nitrogen and oxygen atoms in total. The van der Waals surface area contributed by atoms with Gasteiger partial charge in [0.2, 0.25) is 0 Å². The molecule has 0 fully saturated rings. The Morgan fingerprint density at radius 1 is 0.571 bits per heavy atom. The first-order valence-corrected chi connectivity index (χ1v) is 9.01. The molecule has 0 atom stereocenters. The zero-order valence-corrected chi connectivity index (χ0v) is 14.1. The van der Waals surface area contributed by atoms with Gasteiger partial charge >= 0.3 is 0 Å². The Morgan fingerprint density at radius 3 is 1.57 bits per heavy atom. The minimum Gasteiger partial charge on any atom is -0.516 e. The molecule has 122 valence electrons. The molecule has 21 heavy (non-hydrogen) atoms. The number of hydrogen-bond donors (Lipinski definition) is 1. The number of rotatable bonds is 15. The summed E-state index contributed by atoms with van der Waals surface area (Å²) in [5.41, 5.74) is 0. The topological polar surface area (TPSA) is 20.2 Å². The molecule has 0 bridgehead atoms. The predicted octanol–water partition coefficient (Wildman–Crippen LogP) is 7.26. The molecule has 0 saturated carbocycles. The van der Waals surface area contributed by atoms with Crippen LogP contribution in [0.25, 0.3) is 0 Å². The summed E-state index contributed by atoms with van der Waals surface area (Å²) in [6.07, 6.45) is 28.8. The maximum absolute atomic E-state index is 8.50. The molecule has 0 saturated heterocycles. The maximum atomic E-state index is 8.50. The SMILES string of the molecule is CC/C=C/C/C=C/CCCCCCCCCCC/C=C/O. The van der Waals surface area contributed by atoms with Crippen LogP contribution in [0.3, 0.4) is 0 Å². The van der Waals surface area contributed by atoms with Crippen LogP contribution in [0.2, 0.25) is 0 Å². The van der Waals surface area contributed by atoms with Crippen LogP contribution in [-0.4, -0.2) is 5.11 Å². The van der Waals surface area contributed by atoms with E-state index < -0.39 is 0 Å². The van der Waals surface area contributed by atoms with Gasteiger partial charge in [-0.05, 0) is 38.5 Å². The molecule has 0 aliphatic rings. The molecule has 0 amide bonds. The van der Waals surface area contributed by atoms with E-state index in [-0.39, 0.29) is 0 Å². The Kier molecular flexibility index (Phi) is 18.1. The van der Waals surface area contributed by atoms with Crippen LogP contribution in [0.15, 0.2) is 36.6 Å². The van der Waals surface area contributed by atoms with Crippen molar-refractivity contribution in [2.45, 2.75) is 90.4 Å². The van der Waals surface area contributed by atoms with Crippen molar-refractivity contribution in [1.29, 1.82) is 0 Å². The molecule has 0 aromatic carbocycles. The molecule has 1 N–H and O–H groups in total. The Morgan fingerprint density at radius 2 is 1.05 bits per heavy atom. The van der Waals surface area contributed by atoms with Gasteiger partial charge in [0.05, 0.1) is 6.26 Å². The molecule has 1 heteroatoms. The lowest BCUT2D eigenvalue weighted by Crippen LogP contribution is -1.81. The molecule has 0 heterocycles. The summed E-state index contributed by atoms with van der Waals surface area (Å²) in [6.45, 7) is 2.18. The van der Waals surface area contributed by atoms with Gasteiger partial charge in [-0.2, -0.15) is 0 Å². The van der Waals surface area contributed by atoms with Crippen molar-refractivity contribution in [3.05, 3.63) is 36.6 Å². The van der Waals surface area contributed by atoms with E-state index in [0.717, 1.165) is 25.5 Å². The highest BCUT2D eigenvalue weighted by atomic mass is 16.2. The van der Waals surface area contributed by atoms with E-state index in [1.54, 1.807) is 0 Å². The quantitative estimate of drug-likeness (QED) is 0.191. The van der Waals surface area contributed by atoms with Gasteiger partial charge in [-0.15, -0.1) is 0 Å². The van der Waals surface area contributed by atoms with Crippen LogP contribution in [0.5, 0.6) is 0 Å². The van der Waals surface area contributed by atoms with E-state index in [9.17, 15) is 0 Å². The summed E-state index contributed by atoms with van der Waals surface area (Å²) in [5, 5.41) is 8.50. The molecular formula is C20H36O. The van der Waals surface area contributed by atoms with E-state index in [1.807, 2.05) is 6.08 Å². The van der Waals surface area contributed by atoms with Crippen LogP contribution in [-0.2, 0) is 0 Å². The second-order valence-corrected chi connectivity index (χ2v) is 5.73. The molecule has 0 unspecified atom stereocenters. The van der Waals surface area contributed by atoms with Gasteiger partial charge in [-0.3, -0.25) is 0 Å². The zero-order chi connectivity index (χ0) is 15.4. The van der Waals surface area contributed by atoms with Crippen LogP contribution in [0.1, 0.15) is 90.4 Å². The summed E-state index contributed by atoms with van der Waals surface area (Å²) in [7, 11) is 0. The zero-order valence-electron chi connectivity index (χ0n) is 14.1. The first-order chi connectivity index (χ1) is 10.4. The Labute approximate surface area is 132 Å². The molecule has 0 radical (unpaired) electrons. The molecule has 0 aliphatic carbocycles. The van der Waals surface area contributed by atoms with Crippen molar-refractivity contribution in [1.82, 2.24) is 0 Å². The van der Waals surface area contributed by atoms with Crippen LogP contribution in [0, 0.1) is 0 Å². The third-order valence-electron chi connectivity index (χ3n) is 3.69. The van der Waals surface area contributed by atoms with Gasteiger partial charge in [-0.25, -0.2) is 0 Å². The summed E-state index contributed by atoms with van der Waals surface area (Å²) in [6, 6.07) is 0. The van der Waals surface area contributed by atoms with Crippen molar-refractivity contribution in [3.63, 3.8) is 0 Å². The molecule has 0 aromatic heterocycles. The fraction of sp³-hybridized carbons (Fsp3) is 0.700. The van der Waals surface area contributed by atoms with E-state index in [4.69, 9.17) is 5.11 Å². The smallest absolute Gasteiger partial charge is 0.0751 e. The van der Waals surface area contributed by atoms with E-state index >= 15 is 0 Å². The Bertz CT molecular complexity index is 263. The molecule has 0 aliphatic heterocycles. The third kappa shape index (κ3) is 19.0. The molecule has 0 rings (SSSR count).